The molecule has 0 aliphatic heterocycles. The highest BCUT2D eigenvalue weighted by atomic mass is 16.5. The summed E-state index contributed by atoms with van der Waals surface area (Å²) in [5, 5.41) is 9.72. The number of unbranched alkanes of at least 4 members (excludes halogenated alkanes) is 5. The van der Waals surface area contributed by atoms with Gasteiger partial charge in [-0.15, -0.1) is 0 Å². The lowest BCUT2D eigenvalue weighted by atomic mass is 10.1. The van der Waals surface area contributed by atoms with Crippen LogP contribution in [0.4, 0.5) is 0 Å². The van der Waals surface area contributed by atoms with Crippen LogP contribution in [-0.4, -0.2) is 56.6 Å². The second-order valence-electron chi connectivity index (χ2n) is 5.97. The molecule has 0 aromatic rings. The Labute approximate surface area is 107 Å². The molecule has 3 nitrogen and oxygen atoms in total. The second kappa shape index (κ2) is 9.86. The van der Waals surface area contributed by atoms with E-state index in [9.17, 15) is 5.11 Å². The van der Waals surface area contributed by atoms with Crippen LogP contribution in [0, 0.1) is 0 Å². The maximum Gasteiger partial charge on any atom is 0.126 e. The molecule has 0 spiro atoms. The number of likely N-dealkylation sites (N-methyl/N-ethyl adjacent to an activating group) is 1. The Morgan fingerprint density at radius 3 is 2.18 bits per heavy atom. The smallest absolute Gasteiger partial charge is 0.126 e. The van der Waals surface area contributed by atoms with Crippen molar-refractivity contribution in [1.82, 2.24) is 0 Å². The van der Waals surface area contributed by atoms with Crippen LogP contribution in [0.3, 0.4) is 0 Å². The average molecular weight is 246 g/mol. The summed E-state index contributed by atoms with van der Waals surface area (Å²) in [7, 11) is 6.24. The van der Waals surface area contributed by atoms with Gasteiger partial charge >= 0.3 is 0 Å². The lowest BCUT2D eigenvalue weighted by molar-refractivity contribution is -0.873. The quantitative estimate of drug-likeness (QED) is 0.448. The van der Waals surface area contributed by atoms with E-state index in [1.807, 2.05) is 0 Å². The van der Waals surface area contributed by atoms with E-state index in [4.69, 9.17) is 4.74 Å². The van der Waals surface area contributed by atoms with Gasteiger partial charge in [-0.3, -0.25) is 0 Å². The van der Waals surface area contributed by atoms with Crippen molar-refractivity contribution in [3.63, 3.8) is 0 Å². The zero-order chi connectivity index (χ0) is 13.1. The number of ether oxygens (including phenoxy) is 1. The number of aliphatic hydroxyl groups excluding tert-OH is 1. The highest BCUT2D eigenvalue weighted by Gasteiger charge is 2.14. The van der Waals surface area contributed by atoms with Crippen molar-refractivity contribution in [3.8, 4) is 0 Å². The summed E-state index contributed by atoms with van der Waals surface area (Å²) in [6.07, 6.45) is 7.36. The fourth-order valence-corrected chi connectivity index (χ4v) is 1.89. The topological polar surface area (TPSA) is 29.5 Å². The van der Waals surface area contributed by atoms with Crippen LogP contribution in [0.15, 0.2) is 0 Å². The first-order valence-corrected chi connectivity index (χ1v) is 7.02. The molecule has 1 N–H and O–H groups in total. The van der Waals surface area contributed by atoms with Gasteiger partial charge in [-0.2, -0.15) is 0 Å². The van der Waals surface area contributed by atoms with E-state index in [0.717, 1.165) is 24.1 Å². The summed E-state index contributed by atoms with van der Waals surface area (Å²) >= 11 is 0. The summed E-state index contributed by atoms with van der Waals surface area (Å²) in [6, 6.07) is 0. The second-order valence-corrected chi connectivity index (χ2v) is 5.97. The third-order valence-electron chi connectivity index (χ3n) is 2.71. The molecular formula is C14H32NO2+. The minimum absolute atomic E-state index is 0.338. The van der Waals surface area contributed by atoms with Gasteiger partial charge in [0.05, 0.1) is 27.7 Å². The Balaban J connectivity index is 3.22. The summed E-state index contributed by atoms with van der Waals surface area (Å²) in [6.45, 7) is 4.25. The highest BCUT2D eigenvalue weighted by Crippen LogP contribution is 2.05. The largest absolute Gasteiger partial charge is 0.385 e. The average Bonchev–Trinajstić information content (AvgIpc) is 2.19. The molecule has 0 aromatic carbocycles. The summed E-state index contributed by atoms with van der Waals surface area (Å²) in [5.41, 5.74) is 0. The van der Waals surface area contributed by atoms with Crippen LogP contribution in [0.1, 0.15) is 45.4 Å². The van der Waals surface area contributed by atoms with E-state index < -0.39 is 0 Å². The van der Waals surface area contributed by atoms with Gasteiger partial charge in [0, 0.05) is 6.61 Å². The lowest BCUT2D eigenvalue weighted by Gasteiger charge is -2.26. The number of hydrogen-bond acceptors (Lipinski definition) is 2. The molecule has 3 heteroatoms. The molecule has 17 heavy (non-hydrogen) atoms. The molecule has 0 rings (SSSR count). The molecule has 0 aromatic heterocycles. The van der Waals surface area contributed by atoms with E-state index in [-0.39, 0.29) is 6.10 Å². The molecule has 0 heterocycles. The minimum Gasteiger partial charge on any atom is -0.385 e. The van der Waals surface area contributed by atoms with Gasteiger partial charge in [0.1, 0.15) is 12.6 Å². The van der Waals surface area contributed by atoms with Crippen molar-refractivity contribution < 1.29 is 14.3 Å². The fourth-order valence-electron chi connectivity index (χ4n) is 1.89. The molecule has 1 atom stereocenters. The first-order chi connectivity index (χ1) is 7.95. The van der Waals surface area contributed by atoms with E-state index in [1.165, 1.54) is 32.1 Å². The molecule has 0 fully saturated rings. The van der Waals surface area contributed by atoms with Crippen molar-refractivity contribution in [3.05, 3.63) is 0 Å². The molecule has 0 saturated heterocycles. The predicted octanol–water partition coefficient (Wildman–Crippen LogP) is 2.43. The van der Waals surface area contributed by atoms with Gasteiger partial charge in [0.2, 0.25) is 0 Å². The summed E-state index contributed by atoms with van der Waals surface area (Å²) in [4.78, 5) is 0. The minimum atomic E-state index is -0.338. The number of hydrogen-bond donors (Lipinski definition) is 1. The van der Waals surface area contributed by atoms with Crippen LogP contribution in [0.2, 0.25) is 0 Å². The van der Waals surface area contributed by atoms with Gasteiger partial charge in [-0.1, -0.05) is 39.0 Å². The first-order valence-electron chi connectivity index (χ1n) is 7.02. The SMILES string of the molecule is CCCCCCCCOCC(O)C[N+](C)(C)C. The Hall–Kier alpha value is -0.120. The van der Waals surface area contributed by atoms with Gasteiger partial charge in [-0.25, -0.2) is 0 Å². The number of nitrogens with zero attached hydrogens (tertiary/aromatic N) is 1. The van der Waals surface area contributed by atoms with Crippen molar-refractivity contribution >= 4 is 0 Å². The molecule has 104 valence electrons. The predicted molar refractivity (Wildman–Crippen MR) is 73.1 cm³/mol. The van der Waals surface area contributed by atoms with Gasteiger partial charge in [-0.05, 0) is 6.42 Å². The van der Waals surface area contributed by atoms with Crippen molar-refractivity contribution in [1.29, 1.82) is 0 Å². The Morgan fingerprint density at radius 1 is 1.00 bits per heavy atom. The van der Waals surface area contributed by atoms with Crippen molar-refractivity contribution in [2.45, 2.75) is 51.6 Å². The first kappa shape index (κ1) is 16.9. The lowest BCUT2D eigenvalue weighted by Crippen LogP contribution is -2.43. The number of aliphatic hydroxyl groups is 1. The molecule has 1 unspecified atom stereocenters. The molecule has 0 bridgehead atoms. The highest BCUT2D eigenvalue weighted by molar-refractivity contribution is 4.51. The van der Waals surface area contributed by atoms with Crippen molar-refractivity contribution in [2.24, 2.45) is 0 Å². The molecule has 0 amide bonds. The van der Waals surface area contributed by atoms with Gasteiger partial charge < -0.3 is 14.3 Å². The molecular weight excluding hydrogens is 214 g/mol. The third-order valence-corrected chi connectivity index (χ3v) is 2.71. The van der Waals surface area contributed by atoms with E-state index in [0.29, 0.717) is 6.61 Å². The van der Waals surface area contributed by atoms with E-state index >= 15 is 0 Å². The van der Waals surface area contributed by atoms with Gasteiger partial charge in [0.15, 0.2) is 0 Å². The fraction of sp³-hybridized carbons (Fsp3) is 1.00. The molecule has 0 aliphatic rings. The molecule has 0 radical (unpaired) electrons. The van der Waals surface area contributed by atoms with Crippen LogP contribution >= 0.6 is 0 Å². The van der Waals surface area contributed by atoms with Crippen molar-refractivity contribution in [2.75, 3.05) is 40.9 Å². The zero-order valence-corrected chi connectivity index (χ0v) is 12.2. The maximum atomic E-state index is 9.72. The molecule has 0 saturated carbocycles. The summed E-state index contributed by atoms with van der Waals surface area (Å²) < 4.78 is 6.27. The maximum absolute atomic E-state index is 9.72. The zero-order valence-electron chi connectivity index (χ0n) is 12.2. The number of rotatable bonds is 11. The normalized spacial score (nSPS) is 13.9. The Bertz CT molecular complexity index is 166. The van der Waals surface area contributed by atoms with Crippen LogP contribution in [0.25, 0.3) is 0 Å². The van der Waals surface area contributed by atoms with Gasteiger partial charge in [0.25, 0.3) is 0 Å². The van der Waals surface area contributed by atoms with E-state index in [2.05, 4.69) is 28.1 Å². The molecule has 0 aliphatic carbocycles. The van der Waals surface area contributed by atoms with Crippen LogP contribution in [-0.2, 0) is 4.74 Å². The standard InChI is InChI=1S/C14H32NO2/c1-5-6-7-8-9-10-11-17-13-14(16)12-15(2,3)4/h14,16H,5-13H2,1-4H3/q+1. The summed E-state index contributed by atoms with van der Waals surface area (Å²) in [5.74, 6) is 0. The Kier molecular flexibility index (Phi) is 9.79. The Morgan fingerprint density at radius 2 is 1.59 bits per heavy atom. The van der Waals surface area contributed by atoms with Crippen LogP contribution in [0.5, 0.6) is 0 Å². The monoisotopic (exact) mass is 246 g/mol. The third kappa shape index (κ3) is 13.8. The van der Waals surface area contributed by atoms with E-state index in [1.54, 1.807) is 0 Å². The van der Waals surface area contributed by atoms with Crippen LogP contribution < -0.4 is 0 Å². The number of quaternary nitrogens is 1.